The first kappa shape index (κ1) is 11.6. The van der Waals surface area contributed by atoms with E-state index in [-0.39, 0.29) is 11.9 Å². The summed E-state index contributed by atoms with van der Waals surface area (Å²) >= 11 is 0. The normalized spacial score (nSPS) is 11.9. The molecule has 0 aliphatic heterocycles. The minimum Gasteiger partial charge on any atom is -0.374 e. The smallest absolute Gasteiger partial charge is 0.241 e. The number of anilines is 1. The van der Waals surface area contributed by atoms with Crippen molar-refractivity contribution in [1.29, 1.82) is 0 Å². The van der Waals surface area contributed by atoms with Crippen molar-refractivity contribution in [3.05, 3.63) is 29.8 Å². The molecule has 0 saturated carbocycles. The predicted molar refractivity (Wildman–Crippen MR) is 63.0 cm³/mol. The van der Waals surface area contributed by atoms with Gasteiger partial charge in [-0.2, -0.15) is 0 Å². The molecule has 3 nitrogen and oxygen atoms in total. The lowest BCUT2D eigenvalue weighted by molar-refractivity contribution is -0.121. The number of benzene rings is 1. The average molecular weight is 206 g/mol. The van der Waals surface area contributed by atoms with E-state index in [4.69, 9.17) is 0 Å². The third-order valence-electron chi connectivity index (χ3n) is 2.36. The van der Waals surface area contributed by atoms with Gasteiger partial charge in [0.25, 0.3) is 0 Å². The molecule has 1 amide bonds. The van der Waals surface area contributed by atoms with Crippen molar-refractivity contribution in [2.24, 2.45) is 0 Å². The van der Waals surface area contributed by atoms with Crippen LogP contribution in [0.2, 0.25) is 0 Å². The maximum atomic E-state index is 11.3. The first-order chi connectivity index (χ1) is 7.17. The second-order valence-electron chi connectivity index (χ2n) is 3.53. The molecule has 0 heterocycles. The number of aryl methyl sites for hydroxylation is 1. The molecule has 1 rings (SSSR count). The molecule has 1 aromatic carbocycles. The van der Waals surface area contributed by atoms with Crippen LogP contribution in [0, 0.1) is 0 Å². The van der Waals surface area contributed by atoms with E-state index in [1.54, 1.807) is 7.05 Å². The van der Waals surface area contributed by atoms with Crippen molar-refractivity contribution in [3.63, 3.8) is 0 Å². The van der Waals surface area contributed by atoms with Gasteiger partial charge in [-0.05, 0) is 31.0 Å². The standard InChI is InChI=1S/C12H18N2O/c1-4-10-6-5-7-11(8-10)14-9(2)12(15)13-3/h5-9,14H,4H2,1-3H3,(H,13,15). The van der Waals surface area contributed by atoms with Gasteiger partial charge in [0.2, 0.25) is 5.91 Å². The van der Waals surface area contributed by atoms with Crippen LogP contribution in [0.4, 0.5) is 5.69 Å². The number of hydrogen-bond acceptors (Lipinski definition) is 2. The van der Waals surface area contributed by atoms with Crippen LogP contribution in [0.5, 0.6) is 0 Å². The van der Waals surface area contributed by atoms with E-state index in [0.717, 1.165) is 12.1 Å². The van der Waals surface area contributed by atoms with Gasteiger partial charge in [0.15, 0.2) is 0 Å². The highest BCUT2D eigenvalue weighted by atomic mass is 16.2. The highest BCUT2D eigenvalue weighted by Crippen LogP contribution is 2.12. The van der Waals surface area contributed by atoms with E-state index in [0.29, 0.717) is 0 Å². The van der Waals surface area contributed by atoms with E-state index < -0.39 is 0 Å². The van der Waals surface area contributed by atoms with Gasteiger partial charge in [-0.15, -0.1) is 0 Å². The minimum atomic E-state index is -0.206. The van der Waals surface area contributed by atoms with Gasteiger partial charge in [-0.3, -0.25) is 4.79 Å². The Hall–Kier alpha value is -1.51. The number of rotatable bonds is 4. The second kappa shape index (κ2) is 5.39. The van der Waals surface area contributed by atoms with Crippen LogP contribution < -0.4 is 10.6 Å². The number of carbonyl (C=O) groups is 1. The van der Waals surface area contributed by atoms with Gasteiger partial charge in [0.05, 0.1) is 0 Å². The van der Waals surface area contributed by atoms with Crippen LogP contribution in [0.15, 0.2) is 24.3 Å². The molecule has 0 fully saturated rings. The van der Waals surface area contributed by atoms with Crippen LogP contribution in [-0.2, 0) is 11.2 Å². The Labute approximate surface area is 90.9 Å². The molecule has 1 atom stereocenters. The van der Waals surface area contributed by atoms with Crippen molar-refractivity contribution in [2.45, 2.75) is 26.3 Å². The molecule has 1 unspecified atom stereocenters. The Balaban J connectivity index is 2.67. The number of carbonyl (C=O) groups excluding carboxylic acids is 1. The quantitative estimate of drug-likeness (QED) is 0.788. The summed E-state index contributed by atoms with van der Waals surface area (Å²) in [6.07, 6.45) is 1.00. The van der Waals surface area contributed by atoms with Crippen LogP contribution in [0.3, 0.4) is 0 Å². The minimum absolute atomic E-state index is 0.00287. The molecule has 0 spiro atoms. The van der Waals surface area contributed by atoms with Gasteiger partial charge < -0.3 is 10.6 Å². The predicted octanol–water partition coefficient (Wildman–Crippen LogP) is 1.80. The lowest BCUT2D eigenvalue weighted by atomic mass is 10.1. The highest BCUT2D eigenvalue weighted by Gasteiger charge is 2.09. The third kappa shape index (κ3) is 3.27. The summed E-state index contributed by atoms with van der Waals surface area (Å²) in [5.74, 6) is -0.00287. The number of nitrogens with one attached hydrogen (secondary N) is 2. The third-order valence-corrected chi connectivity index (χ3v) is 2.36. The van der Waals surface area contributed by atoms with Crippen LogP contribution in [0.1, 0.15) is 19.4 Å². The van der Waals surface area contributed by atoms with Gasteiger partial charge in [-0.1, -0.05) is 19.1 Å². The molecular formula is C12H18N2O. The van der Waals surface area contributed by atoms with Gasteiger partial charge in [0, 0.05) is 12.7 Å². The number of amides is 1. The molecule has 0 radical (unpaired) electrons. The van der Waals surface area contributed by atoms with E-state index in [1.807, 2.05) is 19.1 Å². The van der Waals surface area contributed by atoms with E-state index in [2.05, 4.69) is 29.7 Å². The van der Waals surface area contributed by atoms with Gasteiger partial charge in [0.1, 0.15) is 6.04 Å². The van der Waals surface area contributed by atoms with Crippen LogP contribution >= 0.6 is 0 Å². The summed E-state index contributed by atoms with van der Waals surface area (Å²) < 4.78 is 0. The first-order valence-electron chi connectivity index (χ1n) is 5.24. The van der Waals surface area contributed by atoms with Crippen molar-refractivity contribution in [2.75, 3.05) is 12.4 Å². The Kier molecular flexibility index (Phi) is 4.16. The zero-order chi connectivity index (χ0) is 11.3. The SMILES string of the molecule is CCc1cccc(NC(C)C(=O)NC)c1. The Bertz CT molecular complexity index is 336. The summed E-state index contributed by atoms with van der Waals surface area (Å²) in [6.45, 7) is 3.96. The van der Waals surface area contributed by atoms with E-state index in [9.17, 15) is 4.79 Å². The molecule has 0 saturated heterocycles. The summed E-state index contributed by atoms with van der Waals surface area (Å²) in [6, 6.07) is 7.91. The summed E-state index contributed by atoms with van der Waals surface area (Å²) in [5, 5.41) is 5.77. The molecule has 2 N–H and O–H groups in total. The summed E-state index contributed by atoms with van der Waals surface area (Å²) in [5.41, 5.74) is 2.26. The maximum Gasteiger partial charge on any atom is 0.241 e. The fourth-order valence-corrected chi connectivity index (χ4v) is 1.41. The lowest BCUT2D eigenvalue weighted by Gasteiger charge is -2.14. The zero-order valence-electron chi connectivity index (χ0n) is 9.50. The van der Waals surface area contributed by atoms with E-state index >= 15 is 0 Å². The van der Waals surface area contributed by atoms with Crippen molar-refractivity contribution in [1.82, 2.24) is 5.32 Å². The topological polar surface area (TPSA) is 41.1 Å². The summed E-state index contributed by atoms with van der Waals surface area (Å²) in [7, 11) is 1.64. The average Bonchev–Trinajstić information content (AvgIpc) is 2.28. The second-order valence-corrected chi connectivity index (χ2v) is 3.53. The molecule has 0 bridgehead atoms. The number of hydrogen-bond donors (Lipinski definition) is 2. The zero-order valence-corrected chi connectivity index (χ0v) is 9.50. The van der Waals surface area contributed by atoms with Crippen molar-refractivity contribution in [3.8, 4) is 0 Å². The van der Waals surface area contributed by atoms with Crippen molar-refractivity contribution < 1.29 is 4.79 Å². The Morgan fingerprint density at radius 3 is 2.80 bits per heavy atom. The number of likely N-dealkylation sites (N-methyl/N-ethyl adjacent to an activating group) is 1. The van der Waals surface area contributed by atoms with Crippen LogP contribution in [-0.4, -0.2) is 19.0 Å². The van der Waals surface area contributed by atoms with Gasteiger partial charge in [-0.25, -0.2) is 0 Å². The largest absolute Gasteiger partial charge is 0.374 e. The fourth-order valence-electron chi connectivity index (χ4n) is 1.41. The molecule has 15 heavy (non-hydrogen) atoms. The monoisotopic (exact) mass is 206 g/mol. The molecule has 1 aromatic rings. The van der Waals surface area contributed by atoms with Gasteiger partial charge >= 0.3 is 0 Å². The van der Waals surface area contributed by atoms with Crippen LogP contribution in [0.25, 0.3) is 0 Å². The van der Waals surface area contributed by atoms with Crippen molar-refractivity contribution >= 4 is 11.6 Å². The molecule has 3 heteroatoms. The molecular weight excluding hydrogens is 188 g/mol. The molecule has 82 valence electrons. The molecule has 0 aromatic heterocycles. The Morgan fingerprint density at radius 1 is 1.47 bits per heavy atom. The maximum absolute atomic E-state index is 11.3. The lowest BCUT2D eigenvalue weighted by Crippen LogP contribution is -2.35. The first-order valence-corrected chi connectivity index (χ1v) is 5.24. The Morgan fingerprint density at radius 2 is 2.20 bits per heavy atom. The molecule has 0 aliphatic rings. The fraction of sp³-hybridized carbons (Fsp3) is 0.417. The highest BCUT2D eigenvalue weighted by molar-refractivity contribution is 5.83. The molecule has 0 aliphatic carbocycles. The summed E-state index contributed by atoms with van der Waals surface area (Å²) in [4.78, 5) is 11.3. The van der Waals surface area contributed by atoms with E-state index in [1.165, 1.54) is 5.56 Å².